The van der Waals surface area contributed by atoms with Crippen LogP contribution in [-0.4, -0.2) is 49.3 Å². The standard InChI is InChI=1S/C21H33N3O3/c1-15(2)24-12-6-7-17(14-24)23-21(25)22-16-10-11-19(26-3)20(13-16)27-18-8-4-5-9-18/h10-11,13,15,17-18H,4-9,12,14H2,1-3H3,(H2,22,23,25)/t17-/m1/s1. The number of hydrogen-bond acceptors (Lipinski definition) is 4. The smallest absolute Gasteiger partial charge is 0.319 e. The van der Waals surface area contributed by atoms with E-state index in [1.54, 1.807) is 7.11 Å². The fourth-order valence-electron chi connectivity index (χ4n) is 3.98. The van der Waals surface area contributed by atoms with Gasteiger partial charge in [0.2, 0.25) is 0 Å². The van der Waals surface area contributed by atoms with E-state index >= 15 is 0 Å². The van der Waals surface area contributed by atoms with E-state index < -0.39 is 0 Å². The summed E-state index contributed by atoms with van der Waals surface area (Å²) in [5, 5.41) is 6.06. The van der Waals surface area contributed by atoms with Crippen LogP contribution < -0.4 is 20.1 Å². The third-order valence-corrected chi connectivity index (χ3v) is 5.54. The summed E-state index contributed by atoms with van der Waals surface area (Å²) >= 11 is 0. The van der Waals surface area contributed by atoms with Crippen LogP contribution in [0.1, 0.15) is 52.4 Å². The number of ether oxygens (including phenoxy) is 2. The molecule has 27 heavy (non-hydrogen) atoms. The number of nitrogens with zero attached hydrogens (tertiary/aromatic N) is 1. The Morgan fingerprint density at radius 1 is 1.15 bits per heavy atom. The number of amides is 2. The van der Waals surface area contributed by atoms with Crippen molar-refractivity contribution in [2.45, 2.75) is 70.6 Å². The fourth-order valence-corrected chi connectivity index (χ4v) is 3.98. The van der Waals surface area contributed by atoms with Crippen molar-refractivity contribution in [3.8, 4) is 11.5 Å². The molecule has 1 aliphatic carbocycles. The van der Waals surface area contributed by atoms with E-state index in [9.17, 15) is 4.79 Å². The van der Waals surface area contributed by atoms with Crippen molar-refractivity contribution in [3.05, 3.63) is 18.2 Å². The van der Waals surface area contributed by atoms with E-state index in [-0.39, 0.29) is 18.2 Å². The van der Waals surface area contributed by atoms with Crippen LogP contribution in [0.4, 0.5) is 10.5 Å². The first-order valence-corrected chi connectivity index (χ1v) is 10.2. The summed E-state index contributed by atoms with van der Waals surface area (Å²) in [6.07, 6.45) is 6.96. The molecule has 6 nitrogen and oxygen atoms in total. The molecular formula is C21H33N3O3. The van der Waals surface area contributed by atoms with E-state index in [0.29, 0.717) is 17.5 Å². The minimum absolute atomic E-state index is 0.164. The monoisotopic (exact) mass is 375 g/mol. The Kier molecular flexibility index (Phi) is 6.83. The molecule has 2 fully saturated rings. The third kappa shape index (κ3) is 5.51. The zero-order chi connectivity index (χ0) is 19.2. The van der Waals surface area contributed by atoms with Crippen molar-refractivity contribution in [2.24, 2.45) is 0 Å². The summed E-state index contributed by atoms with van der Waals surface area (Å²) in [6, 6.07) is 6.09. The van der Waals surface area contributed by atoms with Crippen LogP contribution in [0.5, 0.6) is 11.5 Å². The summed E-state index contributed by atoms with van der Waals surface area (Å²) in [7, 11) is 1.64. The number of rotatable bonds is 6. The molecular weight excluding hydrogens is 342 g/mol. The molecule has 3 rings (SSSR count). The molecule has 1 aromatic rings. The lowest BCUT2D eigenvalue weighted by Gasteiger charge is -2.35. The van der Waals surface area contributed by atoms with Crippen molar-refractivity contribution in [2.75, 3.05) is 25.5 Å². The van der Waals surface area contributed by atoms with Crippen molar-refractivity contribution < 1.29 is 14.3 Å². The van der Waals surface area contributed by atoms with Crippen LogP contribution in [-0.2, 0) is 0 Å². The highest BCUT2D eigenvalue weighted by Crippen LogP contribution is 2.33. The normalized spacial score (nSPS) is 21.3. The van der Waals surface area contributed by atoms with E-state index in [1.165, 1.54) is 12.8 Å². The number of anilines is 1. The number of methoxy groups -OCH3 is 1. The maximum absolute atomic E-state index is 12.5. The van der Waals surface area contributed by atoms with Gasteiger partial charge in [0.05, 0.1) is 13.2 Å². The Bertz CT molecular complexity index is 629. The summed E-state index contributed by atoms with van der Waals surface area (Å²) in [5.74, 6) is 1.40. The number of nitrogens with one attached hydrogen (secondary N) is 2. The van der Waals surface area contributed by atoms with Crippen LogP contribution in [0, 0.1) is 0 Å². The molecule has 1 aromatic carbocycles. The quantitative estimate of drug-likeness (QED) is 0.789. The molecule has 1 atom stereocenters. The van der Waals surface area contributed by atoms with Gasteiger partial charge in [-0.1, -0.05) is 0 Å². The number of urea groups is 1. The van der Waals surface area contributed by atoms with Crippen LogP contribution in [0.2, 0.25) is 0 Å². The predicted octanol–water partition coefficient (Wildman–Crippen LogP) is 4.01. The average molecular weight is 376 g/mol. The highest BCUT2D eigenvalue weighted by Gasteiger charge is 2.23. The van der Waals surface area contributed by atoms with E-state index in [2.05, 4.69) is 29.4 Å². The summed E-state index contributed by atoms with van der Waals surface area (Å²) in [5.41, 5.74) is 0.720. The van der Waals surface area contributed by atoms with E-state index in [1.807, 2.05) is 18.2 Å². The Hall–Kier alpha value is -1.95. The summed E-state index contributed by atoms with van der Waals surface area (Å²) < 4.78 is 11.5. The SMILES string of the molecule is COc1ccc(NC(=O)N[C@@H]2CCCN(C(C)C)C2)cc1OC1CCCC1. The molecule has 2 amide bonds. The molecule has 0 unspecified atom stereocenters. The van der Waals surface area contributed by atoms with Crippen molar-refractivity contribution >= 4 is 11.7 Å². The lowest BCUT2D eigenvalue weighted by Crippen LogP contribution is -2.50. The predicted molar refractivity (Wildman–Crippen MR) is 108 cm³/mol. The van der Waals surface area contributed by atoms with Gasteiger partial charge < -0.3 is 20.1 Å². The minimum Gasteiger partial charge on any atom is -0.493 e. The molecule has 0 radical (unpaired) electrons. The molecule has 0 spiro atoms. The van der Waals surface area contributed by atoms with Gasteiger partial charge in [0.25, 0.3) is 0 Å². The third-order valence-electron chi connectivity index (χ3n) is 5.54. The Labute approximate surface area is 162 Å². The molecule has 1 saturated carbocycles. The molecule has 150 valence electrons. The lowest BCUT2D eigenvalue weighted by molar-refractivity contribution is 0.156. The number of benzene rings is 1. The van der Waals surface area contributed by atoms with Gasteiger partial charge in [-0.25, -0.2) is 4.79 Å². The Balaban J connectivity index is 1.58. The molecule has 6 heteroatoms. The van der Waals surface area contributed by atoms with Gasteiger partial charge in [-0.15, -0.1) is 0 Å². The highest BCUT2D eigenvalue weighted by molar-refractivity contribution is 5.89. The molecule has 0 bridgehead atoms. The van der Waals surface area contributed by atoms with E-state index in [4.69, 9.17) is 9.47 Å². The number of carbonyl (C=O) groups excluding carboxylic acids is 1. The first-order valence-electron chi connectivity index (χ1n) is 10.2. The first-order chi connectivity index (χ1) is 13.0. The zero-order valence-electron chi connectivity index (χ0n) is 16.8. The van der Waals surface area contributed by atoms with Gasteiger partial charge in [0.15, 0.2) is 11.5 Å². The molecule has 1 aliphatic heterocycles. The number of likely N-dealkylation sites (tertiary alicyclic amines) is 1. The van der Waals surface area contributed by atoms with E-state index in [0.717, 1.165) is 44.5 Å². The van der Waals surface area contributed by atoms with Gasteiger partial charge in [-0.3, -0.25) is 4.90 Å². The van der Waals surface area contributed by atoms with Crippen LogP contribution in [0.25, 0.3) is 0 Å². The van der Waals surface area contributed by atoms with Crippen LogP contribution >= 0.6 is 0 Å². The summed E-state index contributed by atoms with van der Waals surface area (Å²) in [4.78, 5) is 14.9. The van der Waals surface area contributed by atoms with Gasteiger partial charge in [-0.2, -0.15) is 0 Å². The number of hydrogen-bond donors (Lipinski definition) is 2. The Morgan fingerprint density at radius 3 is 2.63 bits per heavy atom. The van der Waals surface area contributed by atoms with Crippen molar-refractivity contribution in [3.63, 3.8) is 0 Å². The minimum atomic E-state index is -0.164. The number of carbonyl (C=O) groups is 1. The number of piperidine rings is 1. The second kappa shape index (κ2) is 9.31. The molecule has 1 heterocycles. The zero-order valence-corrected chi connectivity index (χ0v) is 16.8. The van der Waals surface area contributed by atoms with Gasteiger partial charge in [0, 0.05) is 30.4 Å². The Morgan fingerprint density at radius 2 is 1.93 bits per heavy atom. The van der Waals surface area contributed by atoms with Gasteiger partial charge in [-0.05, 0) is 71.0 Å². The van der Waals surface area contributed by atoms with Gasteiger partial charge in [0.1, 0.15) is 0 Å². The maximum atomic E-state index is 12.5. The first kappa shape index (κ1) is 19.8. The largest absolute Gasteiger partial charge is 0.493 e. The average Bonchev–Trinajstić information content (AvgIpc) is 3.15. The highest BCUT2D eigenvalue weighted by atomic mass is 16.5. The van der Waals surface area contributed by atoms with Crippen LogP contribution in [0.15, 0.2) is 18.2 Å². The topological polar surface area (TPSA) is 62.8 Å². The molecule has 0 aromatic heterocycles. The maximum Gasteiger partial charge on any atom is 0.319 e. The molecule has 2 N–H and O–H groups in total. The molecule has 2 aliphatic rings. The fraction of sp³-hybridized carbons (Fsp3) is 0.667. The second-order valence-corrected chi connectivity index (χ2v) is 7.92. The summed E-state index contributed by atoms with van der Waals surface area (Å²) in [6.45, 7) is 6.42. The second-order valence-electron chi connectivity index (χ2n) is 7.92. The molecule has 1 saturated heterocycles. The van der Waals surface area contributed by atoms with Crippen molar-refractivity contribution in [1.29, 1.82) is 0 Å². The van der Waals surface area contributed by atoms with Gasteiger partial charge >= 0.3 is 6.03 Å². The van der Waals surface area contributed by atoms with Crippen molar-refractivity contribution in [1.82, 2.24) is 10.2 Å². The van der Waals surface area contributed by atoms with Crippen LogP contribution in [0.3, 0.4) is 0 Å². The lowest BCUT2D eigenvalue weighted by atomic mass is 10.0.